The van der Waals surface area contributed by atoms with E-state index in [0.717, 1.165) is 85.1 Å². The van der Waals surface area contributed by atoms with Gasteiger partial charge in [-0.1, -0.05) is 40.9 Å². The molecule has 0 spiro atoms. The van der Waals surface area contributed by atoms with Gasteiger partial charge in [0.2, 0.25) is 17.8 Å². The highest BCUT2D eigenvalue weighted by Gasteiger charge is 2.45. The zero-order valence-corrected chi connectivity index (χ0v) is 38.5. The van der Waals surface area contributed by atoms with Gasteiger partial charge in [-0.25, -0.2) is 9.37 Å². The molecule has 3 saturated heterocycles. The second-order valence-electron chi connectivity index (χ2n) is 17.0. The number of aromatic nitrogens is 2. The summed E-state index contributed by atoms with van der Waals surface area (Å²) in [4.78, 5) is 66.9. The third kappa shape index (κ3) is 9.26. The normalized spacial score (nSPS) is 18.9. The topological polar surface area (TPSA) is 160 Å². The number of nitrogens with zero attached hydrogens (tertiary/aromatic N) is 6. The molecule has 0 radical (unpaired) electrons. The second kappa shape index (κ2) is 18.0. The van der Waals surface area contributed by atoms with Crippen LogP contribution in [0.25, 0.3) is 0 Å². The number of carbonyl (C=O) groups excluding carboxylic acids is 4. The van der Waals surface area contributed by atoms with Gasteiger partial charge >= 0.3 is 0 Å². The Kier molecular flexibility index (Phi) is 12.8. The summed E-state index contributed by atoms with van der Waals surface area (Å²) in [6.45, 7) is 12.8. The van der Waals surface area contributed by atoms with Crippen LogP contribution in [0.3, 0.4) is 0 Å². The zero-order valence-electron chi connectivity index (χ0n) is 35.4. The van der Waals surface area contributed by atoms with Crippen LogP contribution in [0, 0.1) is 25.6 Å². The molecule has 8 rings (SSSR count). The van der Waals surface area contributed by atoms with Gasteiger partial charge in [-0.3, -0.25) is 34.3 Å². The van der Waals surface area contributed by atoms with Crippen LogP contribution in [-0.4, -0.2) is 109 Å². The number of carbonyl (C=O) groups is 4. The van der Waals surface area contributed by atoms with Crippen LogP contribution >= 0.6 is 41.9 Å². The molecule has 1 atom stereocenters. The van der Waals surface area contributed by atoms with E-state index in [4.69, 9.17) is 34.8 Å². The number of hydrogen-bond acceptors (Lipinski definition) is 12. The lowest BCUT2D eigenvalue weighted by atomic mass is 9.92. The number of amides is 4. The molecule has 332 valence electrons. The van der Waals surface area contributed by atoms with Crippen molar-refractivity contribution >= 4 is 105 Å². The number of imide groups is 2. The minimum Gasteiger partial charge on any atom is -0.369 e. The van der Waals surface area contributed by atoms with Gasteiger partial charge in [-0.15, -0.1) is 0 Å². The summed E-state index contributed by atoms with van der Waals surface area (Å²) in [6.07, 6.45) is 4.24. The van der Waals surface area contributed by atoms with E-state index in [1.807, 2.05) is 36.9 Å². The largest absolute Gasteiger partial charge is 0.369 e. The number of piperidine rings is 2. The predicted molar refractivity (Wildman–Crippen MR) is 246 cm³/mol. The maximum absolute atomic E-state index is 15.5. The molecule has 4 aromatic rings. The van der Waals surface area contributed by atoms with Crippen molar-refractivity contribution in [3.63, 3.8) is 0 Å². The monoisotopic (exact) mass is 937 g/mol. The van der Waals surface area contributed by atoms with E-state index >= 15 is 4.39 Å². The first-order chi connectivity index (χ1) is 30.0. The molecule has 3 aromatic carbocycles. The fraction of sp³-hybridized carbons (Fsp3) is 0.409. The van der Waals surface area contributed by atoms with Crippen LogP contribution < -0.4 is 31.1 Å². The quantitative estimate of drug-likeness (QED) is 0.0993. The van der Waals surface area contributed by atoms with E-state index in [1.54, 1.807) is 19.4 Å². The number of halogens is 4. The van der Waals surface area contributed by atoms with E-state index in [2.05, 4.69) is 35.7 Å². The highest BCUT2D eigenvalue weighted by Crippen LogP contribution is 2.42. The Labute approximate surface area is 380 Å². The van der Waals surface area contributed by atoms with Crippen molar-refractivity contribution in [1.29, 1.82) is 0 Å². The van der Waals surface area contributed by atoms with Crippen molar-refractivity contribution < 1.29 is 28.1 Å². The first kappa shape index (κ1) is 44.8. The molecule has 0 saturated carbocycles. The van der Waals surface area contributed by atoms with Crippen LogP contribution in [0.5, 0.6) is 0 Å². The van der Waals surface area contributed by atoms with Gasteiger partial charge in [-0.05, 0) is 107 Å². The summed E-state index contributed by atoms with van der Waals surface area (Å²) in [5.74, 6) is -2.07. The van der Waals surface area contributed by atoms with E-state index < -0.39 is 42.6 Å². The van der Waals surface area contributed by atoms with Crippen LogP contribution in [-0.2, 0) is 14.2 Å². The second-order valence-corrected chi connectivity index (χ2v) is 21.4. The molecule has 3 fully saturated rings. The maximum atomic E-state index is 15.5. The van der Waals surface area contributed by atoms with E-state index in [-0.39, 0.29) is 35.6 Å². The zero-order chi connectivity index (χ0) is 44.9. The number of aryl methyl sites for hydroxylation is 1. The van der Waals surface area contributed by atoms with Gasteiger partial charge in [0.05, 0.1) is 50.1 Å². The van der Waals surface area contributed by atoms with Crippen LogP contribution in [0.15, 0.2) is 42.6 Å². The molecule has 14 nitrogen and oxygen atoms in total. The summed E-state index contributed by atoms with van der Waals surface area (Å²) in [7, 11) is -2.65. The molecule has 4 amide bonds. The first-order valence-corrected chi connectivity index (χ1v) is 24.7. The summed E-state index contributed by atoms with van der Waals surface area (Å²) in [5, 5.41) is 10.6. The molecule has 1 aromatic heterocycles. The van der Waals surface area contributed by atoms with Crippen LogP contribution in [0.2, 0.25) is 15.1 Å². The molecular formula is C44H48Cl3FN9O5P. The molecule has 4 aliphatic heterocycles. The Hall–Kier alpha value is -4.79. The Morgan fingerprint density at radius 1 is 0.810 bits per heavy atom. The lowest BCUT2D eigenvalue weighted by Gasteiger charge is -2.38. The lowest BCUT2D eigenvalue weighted by molar-refractivity contribution is -0.136. The summed E-state index contributed by atoms with van der Waals surface area (Å²) < 4.78 is 28.7. The standard InChI is InChI=1S/C44H48Cl3FN9O5P/c1-24-5-6-33(39(25(24)2)63(3,4)62)50-40-31(47)23-49-44(53-40)51-34-21-30(46)36(22-29(34)45)56-17-15-54(16-18-56)12-9-26-10-13-55(14-11-26)37-20-28-27(19-32(37)48)42(60)57(43(28)61)35-7-8-38(58)52-41(35)59/h5-6,19-23,26,35H,7-18H2,1-4H3,(H,52,58,59)(H2,49,50,51,53). The third-order valence-electron chi connectivity index (χ3n) is 12.5. The predicted octanol–water partition coefficient (Wildman–Crippen LogP) is 7.76. The van der Waals surface area contributed by atoms with Gasteiger partial charge in [0.1, 0.15) is 24.0 Å². The number of hydrogen-bond donors (Lipinski definition) is 3. The molecule has 0 aliphatic carbocycles. The van der Waals surface area contributed by atoms with Crippen molar-refractivity contribution in [2.75, 3.05) is 79.6 Å². The van der Waals surface area contributed by atoms with Crippen LogP contribution in [0.4, 0.5) is 38.9 Å². The van der Waals surface area contributed by atoms with Crippen molar-refractivity contribution in [1.82, 2.24) is 25.1 Å². The number of piperazine rings is 1. The smallest absolute Gasteiger partial charge is 0.262 e. The number of benzene rings is 3. The van der Waals surface area contributed by atoms with E-state index in [1.165, 1.54) is 12.3 Å². The van der Waals surface area contributed by atoms with Gasteiger partial charge in [0, 0.05) is 51.0 Å². The van der Waals surface area contributed by atoms with Crippen molar-refractivity contribution in [2.45, 2.75) is 52.0 Å². The third-order valence-corrected chi connectivity index (χ3v) is 15.1. The maximum Gasteiger partial charge on any atom is 0.262 e. The minimum atomic E-state index is -2.65. The lowest BCUT2D eigenvalue weighted by Crippen LogP contribution is -2.54. The molecule has 0 bridgehead atoms. The molecular weight excluding hydrogens is 891 g/mol. The fourth-order valence-electron chi connectivity index (χ4n) is 8.99. The summed E-state index contributed by atoms with van der Waals surface area (Å²) in [5.41, 5.74) is 4.30. The van der Waals surface area contributed by atoms with Crippen molar-refractivity contribution in [2.24, 2.45) is 5.92 Å². The molecule has 19 heteroatoms. The number of nitrogens with one attached hydrogen (secondary N) is 3. The first-order valence-electron chi connectivity index (χ1n) is 21.0. The highest BCUT2D eigenvalue weighted by molar-refractivity contribution is 7.70. The minimum absolute atomic E-state index is 0.0131. The van der Waals surface area contributed by atoms with Crippen molar-refractivity contribution in [3.8, 4) is 0 Å². The van der Waals surface area contributed by atoms with E-state index in [0.29, 0.717) is 51.3 Å². The molecule has 4 aliphatic rings. The van der Waals surface area contributed by atoms with Crippen molar-refractivity contribution in [3.05, 3.63) is 85.7 Å². The van der Waals surface area contributed by atoms with Gasteiger partial charge in [0.15, 0.2) is 5.82 Å². The van der Waals surface area contributed by atoms with Crippen LogP contribution in [0.1, 0.15) is 63.9 Å². The fourth-order valence-corrected chi connectivity index (χ4v) is 11.3. The Bertz CT molecular complexity index is 2580. The number of anilines is 6. The average Bonchev–Trinajstić information content (AvgIpc) is 3.47. The highest BCUT2D eigenvalue weighted by atomic mass is 35.5. The molecule has 3 N–H and O–H groups in total. The number of fused-ring (bicyclic) bond motifs is 1. The number of rotatable bonds is 11. The Balaban J connectivity index is 0.828. The average molecular weight is 939 g/mol. The van der Waals surface area contributed by atoms with E-state index in [9.17, 15) is 23.7 Å². The Morgan fingerprint density at radius 3 is 2.17 bits per heavy atom. The summed E-state index contributed by atoms with van der Waals surface area (Å²) in [6, 6.07) is 8.88. The molecule has 63 heavy (non-hydrogen) atoms. The van der Waals surface area contributed by atoms with Gasteiger partial charge in [0.25, 0.3) is 11.8 Å². The van der Waals surface area contributed by atoms with Gasteiger partial charge in [-0.2, -0.15) is 4.98 Å². The molecule has 1 unspecified atom stereocenters. The summed E-state index contributed by atoms with van der Waals surface area (Å²) >= 11 is 20.2. The Morgan fingerprint density at radius 2 is 1.49 bits per heavy atom. The molecule has 5 heterocycles. The SMILES string of the molecule is Cc1ccc(Nc2nc(Nc3cc(Cl)c(N4CCN(CCC5CCN(c6cc7c(cc6F)C(=O)N(C6CCC(=O)NC6=O)C7=O)CC5)CC4)cc3Cl)ncc2Cl)c(P(C)(C)=O)c1C. The van der Waals surface area contributed by atoms with Gasteiger partial charge < -0.3 is 25.0 Å².